The first kappa shape index (κ1) is 14.7. The van der Waals surface area contributed by atoms with Crippen molar-refractivity contribution in [1.29, 1.82) is 0 Å². The normalized spacial score (nSPS) is 12.6. The molecule has 1 N–H and O–H groups in total. The average Bonchev–Trinajstić information content (AvgIpc) is 2.89. The minimum Gasteiger partial charge on any atom is -0.340 e. The minimum absolute atomic E-state index is 0.272. The third-order valence-corrected chi connectivity index (χ3v) is 3.43. The van der Waals surface area contributed by atoms with Crippen LogP contribution in [0.25, 0.3) is 0 Å². The lowest BCUT2D eigenvalue weighted by atomic mass is 10.0. The van der Waals surface area contributed by atoms with Crippen LogP contribution in [-0.4, -0.2) is 10.1 Å². The first-order valence-electron chi connectivity index (χ1n) is 7.30. The molecule has 0 aliphatic heterocycles. The molecule has 0 radical (unpaired) electrons. The number of benzene rings is 1. The van der Waals surface area contributed by atoms with Gasteiger partial charge in [-0.3, -0.25) is 0 Å². The molecule has 0 amide bonds. The Kier molecular flexibility index (Phi) is 5.30. The second-order valence-electron chi connectivity index (χ2n) is 5.18. The van der Waals surface area contributed by atoms with E-state index < -0.39 is 0 Å². The van der Waals surface area contributed by atoms with E-state index in [2.05, 4.69) is 53.6 Å². The first-order chi connectivity index (χ1) is 9.69. The van der Waals surface area contributed by atoms with Crippen LogP contribution in [0.4, 0.5) is 0 Å². The van der Waals surface area contributed by atoms with E-state index >= 15 is 0 Å². The van der Waals surface area contributed by atoms with Crippen LogP contribution < -0.4 is 5.32 Å². The smallest absolute Gasteiger partial charge is 0.223 e. The fourth-order valence-corrected chi connectivity index (χ4v) is 2.13. The van der Waals surface area contributed by atoms with Gasteiger partial charge in [0.2, 0.25) is 5.89 Å². The fraction of sp³-hybridized carbons (Fsp3) is 0.500. The number of hydrogen-bond donors (Lipinski definition) is 1. The van der Waals surface area contributed by atoms with Gasteiger partial charge in [-0.25, -0.2) is 0 Å². The Morgan fingerprint density at radius 1 is 1.25 bits per heavy atom. The van der Waals surface area contributed by atoms with Gasteiger partial charge in [0.25, 0.3) is 0 Å². The highest BCUT2D eigenvalue weighted by atomic mass is 16.5. The van der Waals surface area contributed by atoms with Crippen LogP contribution in [-0.2, 0) is 13.0 Å². The predicted molar refractivity (Wildman–Crippen MR) is 79.3 cm³/mol. The second-order valence-corrected chi connectivity index (χ2v) is 5.18. The van der Waals surface area contributed by atoms with Crippen molar-refractivity contribution < 1.29 is 4.52 Å². The quantitative estimate of drug-likeness (QED) is 0.838. The molecular formula is C16H23N3O. The van der Waals surface area contributed by atoms with Crippen molar-refractivity contribution in [3.8, 4) is 0 Å². The molecule has 4 heteroatoms. The number of aromatic nitrogens is 2. The molecular weight excluding hydrogens is 250 g/mol. The van der Waals surface area contributed by atoms with Crippen molar-refractivity contribution in [1.82, 2.24) is 15.5 Å². The lowest BCUT2D eigenvalue weighted by molar-refractivity contribution is 0.384. The van der Waals surface area contributed by atoms with Gasteiger partial charge >= 0.3 is 0 Å². The van der Waals surface area contributed by atoms with E-state index in [-0.39, 0.29) is 6.04 Å². The summed E-state index contributed by atoms with van der Waals surface area (Å²) in [5.74, 6) is 1.31. The molecule has 1 aromatic heterocycles. The van der Waals surface area contributed by atoms with Crippen molar-refractivity contribution in [2.24, 2.45) is 0 Å². The van der Waals surface area contributed by atoms with Gasteiger partial charge in [0, 0.05) is 13.0 Å². The second kappa shape index (κ2) is 7.20. The molecule has 0 fully saturated rings. The van der Waals surface area contributed by atoms with Crippen LogP contribution in [0.5, 0.6) is 0 Å². The lowest BCUT2D eigenvalue weighted by Gasteiger charge is -2.13. The number of aryl methyl sites for hydroxylation is 2. The molecule has 1 atom stereocenters. The fourth-order valence-electron chi connectivity index (χ4n) is 2.13. The molecule has 0 saturated heterocycles. The summed E-state index contributed by atoms with van der Waals surface area (Å²) < 4.78 is 4.95. The van der Waals surface area contributed by atoms with Crippen LogP contribution in [0, 0.1) is 6.92 Å². The molecule has 0 saturated carbocycles. The molecule has 1 heterocycles. The van der Waals surface area contributed by atoms with Gasteiger partial charge in [0.15, 0.2) is 5.82 Å². The summed E-state index contributed by atoms with van der Waals surface area (Å²) in [4.78, 5) is 4.18. The average molecular weight is 273 g/mol. The maximum absolute atomic E-state index is 4.95. The van der Waals surface area contributed by atoms with E-state index in [4.69, 9.17) is 4.52 Å². The van der Waals surface area contributed by atoms with Crippen LogP contribution in [0.15, 0.2) is 28.8 Å². The van der Waals surface area contributed by atoms with E-state index in [9.17, 15) is 0 Å². The molecule has 2 rings (SSSR count). The number of hydrogen-bond acceptors (Lipinski definition) is 4. The van der Waals surface area contributed by atoms with Crippen molar-refractivity contribution in [3.63, 3.8) is 0 Å². The Bertz CT molecular complexity index is 519. The summed E-state index contributed by atoms with van der Waals surface area (Å²) in [6.07, 6.45) is 3.66. The molecule has 1 aromatic carbocycles. The standard InChI is InChI=1S/C16H23N3O/c1-4-5-6-14-7-9-15(10-8-14)12(2)17-11-16-18-13(3)20-19-16/h7-10,12,17H,4-6,11H2,1-3H3. The summed E-state index contributed by atoms with van der Waals surface area (Å²) in [5.41, 5.74) is 2.70. The Balaban J connectivity index is 1.86. The number of nitrogens with zero attached hydrogens (tertiary/aromatic N) is 2. The molecule has 0 aliphatic carbocycles. The molecule has 0 spiro atoms. The Morgan fingerprint density at radius 2 is 2.00 bits per heavy atom. The first-order valence-corrected chi connectivity index (χ1v) is 7.30. The molecule has 20 heavy (non-hydrogen) atoms. The molecule has 2 aromatic rings. The zero-order valence-corrected chi connectivity index (χ0v) is 12.5. The molecule has 0 aliphatic rings. The molecule has 0 bridgehead atoms. The SMILES string of the molecule is CCCCc1ccc(C(C)NCc2noc(C)n2)cc1. The van der Waals surface area contributed by atoms with E-state index in [1.807, 2.05) is 0 Å². The summed E-state index contributed by atoms with van der Waals surface area (Å²) in [7, 11) is 0. The van der Waals surface area contributed by atoms with E-state index in [1.54, 1.807) is 6.92 Å². The van der Waals surface area contributed by atoms with Gasteiger partial charge in [-0.2, -0.15) is 4.98 Å². The summed E-state index contributed by atoms with van der Waals surface area (Å²) in [5, 5.41) is 7.29. The Morgan fingerprint density at radius 3 is 2.60 bits per heavy atom. The predicted octanol–water partition coefficient (Wildman–Crippen LogP) is 3.57. The monoisotopic (exact) mass is 273 g/mol. The summed E-state index contributed by atoms with van der Waals surface area (Å²) in [6.45, 7) is 6.79. The maximum Gasteiger partial charge on any atom is 0.223 e. The maximum atomic E-state index is 4.95. The van der Waals surface area contributed by atoms with Crippen LogP contribution >= 0.6 is 0 Å². The van der Waals surface area contributed by atoms with E-state index in [0.717, 1.165) is 0 Å². The molecule has 4 nitrogen and oxygen atoms in total. The van der Waals surface area contributed by atoms with Gasteiger partial charge in [0.05, 0.1) is 6.54 Å². The Hall–Kier alpha value is -1.68. The van der Waals surface area contributed by atoms with Gasteiger partial charge in [-0.1, -0.05) is 42.8 Å². The van der Waals surface area contributed by atoms with Crippen molar-refractivity contribution >= 4 is 0 Å². The highest BCUT2D eigenvalue weighted by Crippen LogP contribution is 2.15. The highest BCUT2D eigenvalue weighted by Gasteiger charge is 2.07. The number of rotatable bonds is 7. The zero-order valence-electron chi connectivity index (χ0n) is 12.5. The third kappa shape index (κ3) is 4.17. The van der Waals surface area contributed by atoms with Crippen LogP contribution in [0.2, 0.25) is 0 Å². The van der Waals surface area contributed by atoms with Gasteiger partial charge in [-0.05, 0) is 30.9 Å². The number of unbranched alkanes of at least 4 members (excludes halogenated alkanes) is 1. The number of nitrogens with one attached hydrogen (secondary N) is 1. The van der Waals surface area contributed by atoms with Crippen molar-refractivity contribution in [2.45, 2.75) is 52.6 Å². The third-order valence-electron chi connectivity index (χ3n) is 3.43. The topological polar surface area (TPSA) is 51.0 Å². The van der Waals surface area contributed by atoms with Crippen molar-refractivity contribution in [2.75, 3.05) is 0 Å². The molecule has 108 valence electrons. The van der Waals surface area contributed by atoms with Gasteiger partial charge < -0.3 is 9.84 Å². The van der Waals surface area contributed by atoms with Gasteiger partial charge in [-0.15, -0.1) is 0 Å². The van der Waals surface area contributed by atoms with E-state index in [1.165, 1.54) is 30.4 Å². The molecule has 1 unspecified atom stereocenters. The zero-order chi connectivity index (χ0) is 14.4. The van der Waals surface area contributed by atoms with Crippen LogP contribution in [0.3, 0.4) is 0 Å². The minimum atomic E-state index is 0.272. The largest absolute Gasteiger partial charge is 0.340 e. The van der Waals surface area contributed by atoms with Crippen LogP contribution in [0.1, 0.15) is 55.6 Å². The summed E-state index contributed by atoms with van der Waals surface area (Å²) >= 11 is 0. The highest BCUT2D eigenvalue weighted by molar-refractivity contribution is 5.24. The van der Waals surface area contributed by atoms with Crippen molar-refractivity contribution in [3.05, 3.63) is 47.1 Å². The summed E-state index contributed by atoms with van der Waals surface area (Å²) in [6, 6.07) is 9.12. The van der Waals surface area contributed by atoms with E-state index in [0.29, 0.717) is 18.3 Å². The van der Waals surface area contributed by atoms with Gasteiger partial charge in [0.1, 0.15) is 0 Å². The lowest BCUT2D eigenvalue weighted by Crippen LogP contribution is -2.18. The Labute approximate surface area is 120 Å².